The van der Waals surface area contributed by atoms with Crippen molar-refractivity contribution in [3.63, 3.8) is 0 Å². The minimum absolute atomic E-state index is 0.259. The maximum absolute atomic E-state index is 12.0. The molecule has 0 aliphatic rings. The maximum atomic E-state index is 12.0. The zero-order valence-electron chi connectivity index (χ0n) is 10.4. The Kier molecular flexibility index (Phi) is 4.99. The van der Waals surface area contributed by atoms with E-state index >= 15 is 0 Å². The third-order valence-corrected chi connectivity index (χ3v) is 3.92. The Bertz CT molecular complexity index is 542. The zero-order valence-corrected chi connectivity index (χ0v) is 12.8. The van der Waals surface area contributed by atoms with Crippen LogP contribution in [0.1, 0.15) is 17.8 Å². The van der Waals surface area contributed by atoms with Gasteiger partial charge in [-0.1, -0.05) is 28.1 Å². The predicted molar refractivity (Wildman–Crippen MR) is 81.5 cm³/mol. The summed E-state index contributed by atoms with van der Waals surface area (Å²) in [6.45, 7) is 2.18. The van der Waals surface area contributed by atoms with Crippen molar-refractivity contribution in [1.29, 1.82) is 0 Å². The van der Waals surface area contributed by atoms with Gasteiger partial charge in [0, 0.05) is 15.0 Å². The molecule has 0 spiro atoms. The van der Waals surface area contributed by atoms with E-state index in [4.69, 9.17) is 4.74 Å². The van der Waals surface area contributed by atoms with E-state index in [1.807, 2.05) is 48.7 Å². The first kappa shape index (κ1) is 14.1. The van der Waals surface area contributed by atoms with E-state index in [2.05, 4.69) is 21.2 Å². The second-order valence-corrected chi connectivity index (χ2v) is 5.75. The number of carbonyl (C=O) groups is 1. The summed E-state index contributed by atoms with van der Waals surface area (Å²) in [7, 11) is 0. The van der Waals surface area contributed by atoms with Crippen LogP contribution in [0.3, 0.4) is 0 Å². The predicted octanol–water partition coefficient (Wildman–Crippen LogP) is 4.23. The minimum Gasteiger partial charge on any atom is -0.464 e. The molecule has 0 radical (unpaired) electrons. The first-order valence-corrected chi connectivity index (χ1v) is 7.60. The van der Waals surface area contributed by atoms with E-state index in [1.54, 1.807) is 0 Å². The topological polar surface area (TPSA) is 38.3 Å². The number of thiophene rings is 1. The van der Waals surface area contributed by atoms with Crippen LogP contribution in [0.5, 0.6) is 0 Å². The van der Waals surface area contributed by atoms with E-state index in [0.29, 0.717) is 6.61 Å². The average Bonchev–Trinajstić information content (AvgIpc) is 2.90. The fourth-order valence-electron chi connectivity index (χ4n) is 1.67. The molecule has 0 bridgehead atoms. The Hall–Kier alpha value is -1.33. The number of rotatable bonds is 5. The van der Waals surface area contributed by atoms with Crippen molar-refractivity contribution in [2.75, 3.05) is 11.9 Å². The van der Waals surface area contributed by atoms with Gasteiger partial charge in [0.2, 0.25) is 0 Å². The molecule has 1 N–H and O–H groups in total. The van der Waals surface area contributed by atoms with Crippen molar-refractivity contribution in [2.24, 2.45) is 0 Å². The fraction of sp³-hybridized carbons (Fsp3) is 0.214. The van der Waals surface area contributed by atoms with Crippen molar-refractivity contribution < 1.29 is 9.53 Å². The monoisotopic (exact) mass is 339 g/mol. The summed E-state index contributed by atoms with van der Waals surface area (Å²) >= 11 is 4.95. The van der Waals surface area contributed by atoms with Crippen LogP contribution in [0, 0.1) is 0 Å². The van der Waals surface area contributed by atoms with Crippen molar-refractivity contribution in [1.82, 2.24) is 0 Å². The molecule has 0 amide bonds. The van der Waals surface area contributed by atoms with Crippen LogP contribution in [0.25, 0.3) is 0 Å². The van der Waals surface area contributed by atoms with Crippen molar-refractivity contribution in [3.05, 3.63) is 51.1 Å². The van der Waals surface area contributed by atoms with E-state index < -0.39 is 6.04 Å². The Morgan fingerprint density at radius 2 is 2.26 bits per heavy atom. The normalized spacial score (nSPS) is 11.9. The van der Waals surface area contributed by atoms with Crippen LogP contribution in [0.2, 0.25) is 0 Å². The highest BCUT2D eigenvalue weighted by atomic mass is 79.9. The van der Waals surface area contributed by atoms with Crippen LogP contribution in [0.4, 0.5) is 5.69 Å². The van der Waals surface area contributed by atoms with Gasteiger partial charge in [0.25, 0.3) is 0 Å². The van der Waals surface area contributed by atoms with Gasteiger partial charge in [0.15, 0.2) is 6.04 Å². The van der Waals surface area contributed by atoms with Crippen LogP contribution in [0.15, 0.2) is 46.3 Å². The van der Waals surface area contributed by atoms with E-state index in [0.717, 1.165) is 15.0 Å². The lowest BCUT2D eigenvalue weighted by molar-refractivity contribution is -0.144. The molecule has 1 aromatic carbocycles. The SMILES string of the molecule is CCOC(=O)C(Nc1cccc(Br)c1)c1cccs1. The summed E-state index contributed by atoms with van der Waals surface area (Å²) in [5, 5.41) is 5.16. The van der Waals surface area contributed by atoms with E-state index in [9.17, 15) is 4.79 Å². The molecule has 19 heavy (non-hydrogen) atoms. The van der Waals surface area contributed by atoms with E-state index in [1.165, 1.54) is 11.3 Å². The number of hydrogen-bond donors (Lipinski definition) is 1. The van der Waals surface area contributed by atoms with Crippen molar-refractivity contribution in [2.45, 2.75) is 13.0 Å². The van der Waals surface area contributed by atoms with E-state index in [-0.39, 0.29) is 5.97 Å². The van der Waals surface area contributed by atoms with Gasteiger partial charge in [-0.25, -0.2) is 4.79 Å². The molecule has 1 atom stereocenters. The molecule has 3 nitrogen and oxygen atoms in total. The van der Waals surface area contributed by atoms with Crippen LogP contribution >= 0.6 is 27.3 Å². The second-order valence-electron chi connectivity index (χ2n) is 3.86. The largest absolute Gasteiger partial charge is 0.464 e. The van der Waals surface area contributed by atoms with Gasteiger partial charge in [-0.05, 0) is 36.6 Å². The lowest BCUT2D eigenvalue weighted by Crippen LogP contribution is -2.22. The maximum Gasteiger partial charge on any atom is 0.334 e. The van der Waals surface area contributed by atoms with Gasteiger partial charge < -0.3 is 10.1 Å². The van der Waals surface area contributed by atoms with Crippen molar-refractivity contribution >= 4 is 38.9 Å². The zero-order chi connectivity index (χ0) is 13.7. The van der Waals surface area contributed by atoms with Crippen LogP contribution < -0.4 is 5.32 Å². The third-order valence-electron chi connectivity index (χ3n) is 2.49. The van der Waals surface area contributed by atoms with Crippen LogP contribution in [-0.2, 0) is 9.53 Å². The first-order chi connectivity index (χ1) is 9.20. The first-order valence-electron chi connectivity index (χ1n) is 5.93. The smallest absolute Gasteiger partial charge is 0.334 e. The Balaban J connectivity index is 2.21. The molecule has 100 valence electrons. The van der Waals surface area contributed by atoms with Crippen molar-refractivity contribution in [3.8, 4) is 0 Å². The number of ether oxygens (including phenoxy) is 1. The number of anilines is 1. The average molecular weight is 340 g/mol. The van der Waals surface area contributed by atoms with Gasteiger partial charge in [0.1, 0.15) is 0 Å². The standard InChI is InChI=1S/C14H14BrNO2S/c1-2-18-14(17)13(12-7-4-8-19-12)16-11-6-3-5-10(15)9-11/h3-9,13,16H,2H2,1H3. The fourth-order valence-corrected chi connectivity index (χ4v) is 2.83. The molecule has 1 unspecified atom stereocenters. The molecule has 0 aliphatic carbocycles. The molecule has 0 saturated heterocycles. The highest BCUT2D eigenvalue weighted by Gasteiger charge is 2.22. The molecule has 0 aliphatic heterocycles. The molecule has 2 aromatic rings. The van der Waals surface area contributed by atoms with Gasteiger partial charge in [-0.3, -0.25) is 0 Å². The van der Waals surface area contributed by atoms with Gasteiger partial charge in [-0.2, -0.15) is 0 Å². The highest BCUT2D eigenvalue weighted by Crippen LogP contribution is 2.26. The third kappa shape index (κ3) is 3.81. The highest BCUT2D eigenvalue weighted by molar-refractivity contribution is 9.10. The number of hydrogen-bond acceptors (Lipinski definition) is 4. The number of carbonyl (C=O) groups excluding carboxylic acids is 1. The minimum atomic E-state index is -0.464. The summed E-state index contributed by atoms with van der Waals surface area (Å²) in [5.41, 5.74) is 0.876. The molecule has 0 fully saturated rings. The molecule has 1 heterocycles. The van der Waals surface area contributed by atoms with Gasteiger partial charge >= 0.3 is 5.97 Å². The summed E-state index contributed by atoms with van der Waals surface area (Å²) in [5.74, 6) is -0.259. The number of nitrogens with one attached hydrogen (secondary N) is 1. The quantitative estimate of drug-likeness (QED) is 0.828. The molecular formula is C14H14BrNO2S. The number of benzene rings is 1. The number of halogens is 1. The molecule has 2 rings (SSSR count). The summed E-state index contributed by atoms with van der Waals surface area (Å²) in [6, 6.07) is 11.1. The Morgan fingerprint density at radius 3 is 2.89 bits per heavy atom. The Labute approximate surface area is 124 Å². The summed E-state index contributed by atoms with van der Waals surface area (Å²) in [4.78, 5) is 13.0. The van der Waals surface area contributed by atoms with Gasteiger partial charge in [0.05, 0.1) is 6.61 Å². The summed E-state index contributed by atoms with van der Waals surface area (Å²) < 4.78 is 6.09. The summed E-state index contributed by atoms with van der Waals surface area (Å²) in [6.07, 6.45) is 0. The molecule has 0 saturated carbocycles. The number of esters is 1. The molecule has 1 aromatic heterocycles. The lowest BCUT2D eigenvalue weighted by atomic mass is 10.2. The second kappa shape index (κ2) is 6.73. The Morgan fingerprint density at radius 1 is 1.42 bits per heavy atom. The van der Waals surface area contributed by atoms with Gasteiger partial charge in [-0.15, -0.1) is 11.3 Å². The lowest BCUT2D eigenvalue weighted by Gasteiger charge is -2.17. The van der Waals surface area contributed by atoms with Crippen LogP contribution in [-0.4, -0.2) is 12.6 Å². The molecular weight excluding hydrogens is 326 g/mol. The molecule has 5 heteroatoms.